The monoisotopic (exact) mass is 379 g/mol. The molecule has 1 aliphatic heterocycles. The van der Waals surface area contributed by atoms with Crippen LogP contribution in [0.15, 0.2) is 48.8 Å². The van der Waals surface area contributed by atoms with Gasteiger partial charge in [0.2, 0.25) is 5.91 Å². The van der Waals surface area contributed by atoms with Gasteiger partial charge >= 0.3 is 0 Å². The summed E-state index contributed by atoms with van der Waals surface area (Å²) in [5, 5.41) is 2.96. The van der Waals surface area contributed by atoms with E-state index in [0.29, 0.717) is 23.7 Å². The van der Waals surface area contributed by atoms with Gasteiger partial charge in [-0.05, 0) is 30.3 Å². The Labute approximate surface area is 162 Å². The van der Waals surface area contributed by atoms with Gasteiger partial charge in [0.15, 0.2) is 0 Å². The minimum absolute atomic E-state index is 0.0642. The third-order valence-corrected chi connectivity index (χ3v) is 4.94. The van der Waals surface area contributed by atoms with Crippen molar-refractivity contribution in [2.75, 3.05) is 26.6 Å². The predicted octanol–water partition coefficient (Wildman–Crippen LogP) is 3.37. The molecule has 0 fully saturated rings. The van der Waals surface area contributed by atoms with Crippen LogP contribution in [0.4, 0.5) is 5.82 Å². The number of benzene rings is 2. The third kappa shape index (κ3) is 3.05. The van der Waals surface area contributed by atoms with E-state index < -0.39 is 0 Å². The molecule has 1 atom stereocenters. The van der Waals surface area contributed by atoms with Crippen LogP contribution < -0.4 is 19.5 Å². The van der Waals surface area contributed by atoms with Crippen molar-refractivity contribution in [1.29, 1.82) is 0 Å². The molecule has 0 aliphatic carbocycles. The lowest BCUT2D eigenvalue weighted by Crippen LogP contribution is -2.25. The van der Waals surface area contributed by atoms with E-state index in [0.717, 1.165) is 22.7 Å². The molecule has 28 heavy (non-hydrogen) atoms. The summed E-state index contributed by atoms with van der Waals surface area (Å²) >= 11 is 0. The number of imidazole rings is 1. The van der Waals surface area contributed by atoms with Crippen molar-refractivity contribution < 1.29 is 19.0 Å². The number of anilines is 1. The highest BCUT2D eigenvalue weighted by Crippen LogP contribution is 2.41. The summed E-state index contributed by atoms with van der Waals surface area (Å²) in [5.74, 6) is 2.54. The van der Waals surface area contributed by atoms with E-state index in [4.69, 9.17) is 14.2 Å². The SMILES string of the molecule is COc1ccc(-n2cnc3c2NC(=O)C[C@@H]3c2ccc(OC)cc2OC)cc1. The Balaban J connectivity index is 1.78. The van der Waals surface area contributed by atoms with Crippen molar-refractivity contribution in [3.63, 3.8) is 0 Å². The topological polar surface area (TPSA) is 74.6 Å². The molecular formula is C21H21N3O4. The summed E-state index contributed by atoms with van der Waals surface area (Å²) in [6.45, 7) is 0. The molecule has 2 heterocycles. The maximum atomic E-state index is 12.5. The lowest BCUT2D eigenvalue weighted by Gasteiger charge is -2.25. The molecule has 144 valence electrons. The molecule has 0 saturated carbocycles. The Morgan fingerprint density at radius 3 is 2.39 bits per heavy atom. The van der Waals surface area contributed by atoms with E-state index in [9.17, 15) is 4.79 Å². The first-order valence-electron chi connectivity index (χ1n) is 8.88. The highest BCUT2D eigenvalue weighted by Gasteiger charge is 2.32. The van der Waals surface area contributed by atoms with Crippen LogP contribution in [0, 0.1) is 0 Å². The number of carbonyl (C=O) groups excluding carboxylic acids is 1. The molecule has 0 radical (unpaired) electrons. The number of carbonyl (C=O) groups is 1. The van der Waals surface area contributed by atoms with E-state index >= 15 is 0 Å². The molecule has 0 saturated heterocycles. The van der Waals surface area contributed by atoms with Gasteiger partial charge in [0.1, 0.15) is 29.4 Å². The molecular weight excluding hydrogens is 358 g/mol. The third-order valence-electron chi connectivity index (χ3n) is 4.94. The van der Waals surface area contributed by atoms with Gasteiger partial charge in [-0.25, -0.2) is 4.98 Å². The number of nitrogens with zero attached hydrogens (tertiary/aromatic N) is 2. The first-order chi connectivity index (χ1) is 13.6. The van der Waals surface area contributed by atoms with Gasteiger partial charge in [-0.3, -0.25) is 9.36 Å². The minimum atomic E-state index is -0.205. The van der Waals surface area contributed by atoms with Crippen LogP contribution in [0.5, 0.6) is 17.2 Å². The fourth-order valence-electron chi connectivity index (χ4n) is 3.51. The molecule has 0 spiro atoms. The number of aromatic nitrogens is 2. The summed E-state index contributed by atoms with van der Waals surface area (Å²) in [7, 11) is 4.84. The zero-order valence-corrected chi connectivity index (χ0v) is 15.9. The largest absolute Gasteiger partial charge is 0.497 e. The molecule has 1 aromatic heterocycles. The van der Waals surface area contributed by atoms with E-state index in [1.54, 1.807) is 27.7 Å². The molecule has 0 unspecified atom stereocenters. The smallest absolute Gasteiger partial charge is 0.226 e. The number of amides is 1. The summed E-state index contributed by atoms with van der Waals surface area (Å²) in [6, 6.07) is 13.2. The normalized spacial score (nSPS) is 15.5. The highest BCUT2D eigenvalue weighted by molar-refractivity contribution is 5.94. The molecule has 1 aliphatic rings. The van der Waals surface area contributed by atoms with Crippen molar-refractivity contribution in [3.8, 4) is 22.9 Å². The van der Waals surface area contributed by atoms with Crippen LogP contribution in [-0.4, -0.2) is 36.8 Å². The van der Waals surface area contributed by atoms with Crippen LogP contribution in [0.2, 0.25) is 0 Å². The number of hydrogen-bond donors (Lipinski definition) is 1. The predicted molar refractivity (Wildman–Crippen MR) is 105 cm³/mol. The standard InChI is InChI=1S/C21H21N3O4/c1-26-14-6-4-13(5-7-14)24-12-22-20-17(11-19(25)23-21(20)24)16-9-8-15(27-2)10-18(16)28-3/h4-10,12,17H,11H2,1-3H3,(H,23,25)/t17-/m1/s1. The van der Waals surface area contributed by atoms with E-state index in [-0.39, 0.29) is 11.8 Å². The van der Waals surface area contributed by atoms with Gasteiger partial charge < -0.3 is 19.5 Å². The average molecular weight is 379 g/mol. The minimum Gasteiger partial charge on any atom is -0.497 e. The molecule has 7 heteroatoms. The van der Waals surface area contributed by atoms with Crippen molar-refractivity contribution in [2.45, 2.75) is 12.3 Å². The second-order valence-corrected chi connectivity index (χ2v) is 6.46. The van der Waals surface area contributed by atoms with Crippen LogP contribution in [-0.2, 0) is 4.79 Å². The van der Waals surface area contributed by atoms with Crippen molar-refractivity contribution in [1.82, 2.24) is 9.55 Å². The molecule has 3 aromatic rings. The number of fused-ring (bicyclic) bond motifs is 1. The zero-order valence-electron chi connectivity index (χ0n) is 15.9. The van der Waals surface area contributed by atoms with E-state index in [2.05, 4.69) is 10.3 Å². The quantitative estimate of drug-likeness (QED) is 0.736. The summed E-state index contributed by atoms with van der Waals surface area (Å²) in [5.41, 5.74) is 2.59. The molecule has 1 N–H and O–H groups in total. The van der Waals surface area contributed by atoms with Crippen molar-refractivity contribution >= 4 is 11.7 Å². The fourth-order valence-corrected chi connectivity index (χ4v) is 3.51. The highest BCUT2D eigenvalue weighted by atomic mass is 16.5. The van der Waals surface area contributed by atoms with Gasteiger partial charge in [-0.15, -0.1) is 0 Å². The van der Waals surface area contributed by atoms with Gasteiger partial charge in [-0.2, -0.15) is 0 Å². The first-order valence-corrected chi connectivity index (χ1v) is 8.88. The lowest BCUT2D eigenvalue weighted by molar-refractivity contribution is -0.116. The Hall–Kier alpha value is -3.48. The first kappa shape index (κ1) is 17.9. The van der Waals surface area contributed by atoms with Crippen LogP contribution in [0.3, 0.4) is 0 Å². The lowest BCUT2D eigenvalue weighted by atomic mass is 9.89. The van der Waals surface area contributed by atoms with Crippen molar-refractivity contribution in [2.24, 2.45) is 0 Å². The number of ether oxygens (including phenoxy) is 3. The second kappa shape index (κ2) is 7.26. The molecule has 4 rings (SSSR count). The number of nitrogens with one attached hydrogen (secondary N) is 1. The van der Waals surface area contributed by atoms with Crippen molar-refractivity contribution in [3.05, 3.63) is 60.0 Å². The average Bonchev–Trinajstić information content (AvgIpc) is 3.16. The molecule has 0 bridgehead atoms. The molecule has 1 amide bonds. The maximum absolute atomic E-state index is 12.5. The number of rotatable bonds is 5. The second-order valence-electron chi connectivity index (χ2n) is 6.46. The van der Waals surface area contributed by atoms with E-state index in [1.807, 2.05) is 47.0 Å². The van der Waals surface area contributed by atoms with Gasteiger partial charge in [0, 0.05) is 29.7 Å². The Bertz CT molecular complexity index is 1010. The van der Waals surface area contributed by atoms with Gasteiger partial charge in [0.05, 0.1) is 27.0 Å². The Kier molecular flexibility index (Phi) is 4.65. The van der Waals surface area contributed by atoms with E-state index in [1.165, 1.54) is 0 Å². The van der Waals surface area contributed by atoms with Gasteiger partial charge in [-0.1, -0.05) is 6.07 Å². The maximum Gasteiger partial charge on any atom is 0.226 e. The Morgan fingerprint density at radius 1 is 1.00 bits per heavy atom. The van der Waals surface area contributed by atoms with Crippen LogP contribution in [0.1, 0.15) is 23.6 Å². The summed E-state index contributed by atoms with van der Waals surface area (Å²) in [4.78, 5) is 17.1. The molecule has 2 aromatic carbocycles. The van der Waals surface area contributed by atoms with Crippen LogP contribution >= 0.6 is 0 Å². The summed E-state index contributed by atoms with van der Waals surface area (Å²) in [6.07, 6.45) is 2.02. The molecule has 7 nitrogen and oxygen atoms in total. The summed E-state index contributed by atoms with van der Waals surface area (Å²) < 4.78 is 17.9. The fraction of sp³-hybridized carbons (Fsp3) is 0.238. The van der Waals surface area contributed by atoms with Gasteiger partial charge in [0.25, 0.3) is 0 Å². The number of hydrogen-bond acceptors (Lipinski definition) is 5. The Morgan fingerprint density at radius 2 is 1.71 bits per heavy atom. The zero-order chi connectivity index (χ0) is 19.7. The number of methoxy groups -OCH3 is 3. The van der Waals surface area contributed by atoms with Crippen LogP contribution in [0.25, 0.3) is 5.69 Å².